The molecular formula is C15H18N4S. The SMILES string of the molecule is S=c1[nH]nc(-c2ccccc2)n1C1CCN(C2CC2)C1. The molecule has 2 fully saturated rings. The van der Waals surface area contributed by atoms with E-state index in [0.29, 0.717) is 6.04 Å². The fourth-order valence-electron chi connectivity index (χ4n) is 3.18. The molecule has 0 spiro atoms. The molecule has 1 aromatic heterocycles. The first-order chi connectivity index (χ1) is 9.83. The molecule has 1 unspecified atom stereocenters. The van der Waals surface area contributed by atoms with Gasteiger partial charge in [-0.3, -0.25) is 14.6 Å². The second kappa shape index (κ2) is 4.82. The summed E-state index contributed by atoms with van der Waals surface area (Å²) in [5, 5.41) is 7.41. The normalized spacial score (nSPS) is 23.3. The summed E-state index contributed by atoms with van der Waals surface area (Å²) in [6.45, 7) is 2.30. The van der Waals surface area contributed by atoms with Crippen molar-refractivity contribution in [1.29, 1.82) is 0 Å². The number of hydrogen-bond donors (Lipinski definition) is 1. The summed E-state index contributed by atoms with van der Waals surface area (Å²) < 4.78 is 2.96. The van der Waals surface area contributed by atoms with E-state index < -0.39 is 0 Å². The maximum absolute atomic E-state index is 5.46. The zero-order chi connectivity index (χ0) is 13.5. The maximum Gasteiger partial charge on any atom is 0.195 e. The molecule has 1 saturated heterocycles. The summed E-state index contributed by atoms with van der Waals surface area (Å²) >= 11 is 5.46. The maximum atomic E-state index is 5.46. The Kier molecular flexibility index (Phi) is 2.97. The number of H-pyrrole nitrogens is 1. The Morgan fingerprint density at radius 1 is 1.10 bits per heavy atom. The number of rotatable bonds is 3. The molecule has 4 rings (SSSR count). The number of nitrogens with one attached hydrogen (secondary N) is 1. The van der Waals surface area contributed by atoms with Crippen molar-refractivity contribution in [3.8, 4) is 11.4 Å². The zero-order valence-electron chi connectivity index (χ0n) is 11.3. The van der Waals surface area contributed by atoms with Crippen LogP contribution in [0.5, 0.6) is 0 Å². The lowest BCUT2D eigenvalue weighted by Crippen LogP contribution is -2.24. The fraction of sp³-hybridized carbons (Fsp3) is 0.467. The number of likely N-dealkylation sites (tertiary alicyclic amines) is 1. The molecule has 0 amide bonds. The van der Waals surface area contributed by atoms with Crippen LogP contribution in [0.25, 0.3) is 11.4 Å². The molecule has 1 aromatic carbocycles. The highest BCUT2D eigenvalue weighted by Crippen LogP contribution is 2.34. The second-order valence-electron chi connectivity index (χ2n) is 5.76. The Morgan fingerprint density at radius 2 is 1.90 bits per heavy atom. The largest absolute Gasteiger partial charge is 0.298 e. The van der Waals surface area contributed by atoms with E-state index >= 15 is 0 Å². The van der Waals surface area contributed by atoms with Gasteiger partial charge in [0.2, 0.25) is 0 Å². The molecule has 20 heavy (non-hydrogen) atoms. The number of aromatic nitrogens is 3. The zero-order valence-corrected chi connectivity index (χ0v) is 12.1. The van der Waals surface area contributed by atoms with Gasteiger partial charge in [-0.2, -0.15) is 5.10 Å². The van der Waals surface area contributed by atoms with Gasteiger partial charge in [0.25, 0.3) is 0 Å². The number of benzene rings is 1. The Bertz CT molecular complexity index is 656. The predicted octanol–water partition coefficient (Wildman–Crippen LogP) is 3.02. The standard InChI is InChI=1S/C15H18N4S/c20-15-17-16-14(11-4-2-1-3-5-11)19(15)13-8-9-18(10-13)12-6-7-12/h1-5,12-13H,6-10H2,(H,17,20). The van der Waals surface area contributed by atoms with E-state index in [9.17, 15) is 0 Å². The van der Waals surface area contributed by atoms with Crippen LogP contribution in [0, 0.1) is 4.77 Å². The van der Waals surface area contributed by atoms with Crippen molar-refractivity contribution in [1.82, 2.24) is 19.7 Å². The molecule has 104 valence electrons. The molecule has 0 bridgehead atoms. The fourth-order valence-corrected chi connectivity index (χ4v) is 3.47. The Hall–Kier alpha value is -1.46. The number of aromatic amines is 1. The molecule has 0 radical (unpaired) electrons. The first-order valence-corrected chi connectivity index (χ1v) is 7.70. The molecule has 1 saturated carbocycles. The molecule has 1 aliphatic heterocycles. The molecule has 1 aliphatic carbocycles. The van der Waals surface area contributed by atoms with Gasteiger partial charge < -0.3 is 0 Å². The van der Waals surface area contributed by atoms with Crippen LogP contribution < -0.4 is 0 Å². The minimum atomic E-state index is 0.456. The van der Waals surface area contributed by atoms with Crippen molar-refractivity contribution < 1.29 is 0 Å². The van der Waals surface area contributed by atoms with E-state index in [1.54, 1.807) is 0 Å². The third-order valence-electron chi connectivity index (χ3n) is 4.36. The van der Waals surface area contributed by atoms with Gasteiger partial charge in [-0.25, -0.2) is 0 Å². The summed E-state index contributed by atoms with van der Waals surface area (Å²) in [6.07, 6.45) is 3.91. The van der Waals surface area contributed by atoms with Gasteiger partial charge >= 0.3 is 0 Å². The summed E-state index contributed by atoms with van der Waals surface area (Å²) in [6, 6.07) is 11.6. The lowest BCUT2D eigenvalue weighted by molar-refractivity contribution is 0.313. The Labute approximate surface area is 123 Å². The molecule has 2 aliphatic rings. The van der Waals surface area contributed by atoms with Gasteiger partial charge in [0.15, 0.2) is 10.6 Å². The summed E-state index contributed by atoms with van der Waals surface area (Å²) in [5.41, 5.74) is 1.13. The minimum absolute atomic E-state index is 0.456. The summed E-state index contributed by atoms with van der Waals surface area (Å²) in [4.78, 5) is 2.61. The van der Waals surface area contributed by atoms with Crippen LogP contribution in [0.1, 0.15) is 25.3 Å². The van der Waals surface area contributed by atoms with Gasteiger partial charge in [-0.1, -0.05) is 30.3 Å². The lowest BCUT2D eigenvalue weighted by Gasteiger charge is -2.17. The number of nitrogens with zero attached hydrogens (tertiary/aromatic N) is 3. The molecule has 1 atom stereocenters. The molecule has 2 aromatic rings. The van der Waals surface area contributed by atoms with Gasteiger partial charge in [0, 0.05) is 24.7 Å². The van der Waals surface area contributed by atoms with Crippen molar-refractivity contribution in [2.24, 2.45) is 0 Å². The highest BCUT2D eigenvalue weighted by atomic mass is 32.1. The summed E-state index contributed by atoms with van der Waals surface area (Å²) in [5.74, 6) is 0.971. The topological polar surface area (TPSA) is 36.9 Å². The molecule has 1 N–H and O–H groups in total. The van der Waals surface area contributed by atoms with Crippen LogP contribution in [0.4, 0.5) is 0 Å². The van der Waals surface area contributed by atoms with Crippen LogP contribution >= 0.6 is 12.2 Å². The molecule has 2 heterocycles. The average molecular weight is 286 g/mol. The third kappa shape index (κ3) is 2.11. The summed E-state index contributed by atoms with van der Waals surface area (Å²) in [7, 11) is 0. The monoisotopic (exact) mass is 286 g/mol. The van der Waals surface area contributed by atoms with E-state index in [1.165, 1.54) is 25.8 Å². The third-order valence-corrected chi connectivity index (χ3v) is 4.65. The number of hydrogen-bond acceptors (Lipinski definition) is 3. The van der Waals surface area contributed by atoms with E-state index in [2.05, 4.69) is 31.8 Å². The van der Waals surface area contributed by atoms with Crippen molar-refractivity contribution in [2.45, 2.75) is 31.3 Å². The highest BCUT2D eigenvalue weighted by molar-refractivity contribution is 7.71. The van der Waals surface area contributed by atoms with E-state index in [0.717, 1.165) is 28.7 Å². The molecule has 5 heteroatoms. The van der Waals surface area contributed by atoms with E-state index in [4.69, 9.17) is 12.2 Å². The van der Waals surface area contributed by atoms with Crippen molar-refractivity contribution >= 4 is 12.2 Å². The minimum Gasteiger partial charge on any atom is -0.298 e. The van der Waals surface area contributed by atoms with Gasteiger partial charge in [0.1, 0.15) is 0 Å². The quantitative estimate of drug-likeness (QED) is 0.881. The van der Waals surface area contributed by atoms with Crippen LogP contribution in [-0.2, 0) is 0 Å². The van der Waals surface area contributed by atoms with Gasteiger partial charge in [-0.15, -0.1) is 0 Å². The lowest BCUT2D eigenvalue weighted by atomic mass is 10.2. The smallest absolute Gasteiger partial charge is 0.195 e. The van der Waals surface area contributed by atoms with Crippen LogP contribution in [-0.4, -0.2) is 38.8 Å². The van der Waals surface area contributed by atoms with E-state index in [-0.39, 0.29) is 0 Å². The van der Waals surface area contributed by atoms with Crippen LogP contribution in [0.15, 0.2) is 30.3 Å². The molecule has 4 nitrogen and oxygen atoms in total. The van der Waals surface area contributed by atoms with Gasteiger partial charge in [-0.05, 0) is 31.5 Å². The Morgan fingerprint density at radius 3 is 2.65 bits per heavy atom. The van der Waals surface area contributed by atoms with Crippen molar-refractivity contribution in [2.75, 3.05) is 13.1 Å². The predicted molar refractivity (Wildman–Crippen MR) is 81.1 cm³/mol. The van der Waals surface area contributed by atoms with Gasteiger partial charge in [0.05, 0.1) is 6.04 Å². The highest BCUT2D eigenvalue weighted by Gasteiger charge is 2.35. The first-order valence-electron chi connectivity index (χ1n) is 7.29. The molecular weight excluding hydrogens is 268 g/mol. The van der Waals surface area contributed by atoms with Crippen LogP contribution in [0.3, 0.4) is 0 Å². The van der Waals surface area contributed by atoms with Crippen molar-refractivity contribution in [3.05, 3.63) is 35.1 Å². The van der Waals surface area contributed by atoms with E-state index in [1.807, 2.05) is 18.2 Å². The first kappa shape index (κ1) is 12.3. The Balaban J connectivity index is 1.68. The average Bonchev–Trinajstić information content (AvgIpc) is 3.09. The second-order valence-corrected chi connectivity index (χ2v) is 6.14. The van der Waals surface area contributed by atoms with Crippen LogP contribution in [0.2, 0.25) is 0 Å². The van der Waals surface area contributed by atoms with Crippen molar-refractivity contribution in [3.63, 3.8) is 0 Å².